The SMILES string of the molecule is COc1ccc(CCCNC(=O)CCCOc2ccc(C)cc2)cc1. The number of ether oxygens (including phenoxy) is 2. The van der Waals surface area contributed by atoms with Gasteiger partial charge in [0.1, 0.15) is 11.5 Å². The van der Waals surface area contributed by atoms with E-state index in [4.69, 9.17) is 9.47 Å². The Kier molecular flexibility index (Phi) is 7.83. The Labute approximate surface area is 150 Å². The highest BCUT2D eigenvalue weighted by molar-refractivity contribution is 5.75. The molecular formula is C21H27NO3. The molecule has 0 aliphatic rings. The molecule has 0 fully saturated rings. The van der Waals surface area contributed by atoms with Gasteiger partial charge in [0.2, 0.25) is 5.91 Å². The van der Waals surface area contributed by atoms with E-state index in [-0.39, 0.29) is 5.91 Å². The molecule has 4 nitrogen and oxygen atoms in total. The summed E-state index contributed by atoms with van der Waals surface area (Å²) in [5.41, 5.74) is 2.46. The maximum atomic E-state index is 11.8. The first-order valence-corrected chi connectivity index (χ1v) is 8.76. The topological polar surface area (TPSA) is 47.6 Å². The van der Waals surface area contributed by atoms with E-state index < -0.39 is 0 Å². The van der Waals surface area contributed by atoms with Crippen LogP contribution in [0.2, 0.25) is 0 Å². The van der Waals surface area contributed by atoms with Crippen molar-refractivity contribution in [2.24, 2.45) is 0 Å². The second kappa shape index (κ2) is 10.4. The molecule has 0 heterocycles. The highest BCUT2D eigenvalue weighted by Crippen LogP contribution is 2.13. The molecule has 2 rings (SSSR count). The third-order valence-electron chi connectivity index (χ3n) is 3.96. The minimum Gasteiger partial charge on any atom is -0.497 e. The first-order valence-electron chi connectivity index (χ1n) is 8.76. The van der Waals surface area contributed by atoms with Crippen LogP contribution in [0.3, 0.4) is 0 Å². The lowest BCUT2D eigenvalue weighted by Gasteiger charge is -2.08. The predicted octanol–water partition coefficient (Wildman–Crippen LogP) is 3.91. The van der Waals surface area contributed by atoms with E-state index in [0.29, 0.717) is 19.6 Å². The van der Waals surface area contributed by atoms with Crippen molar-refractivity contribution >= 4 is 5.91 Å². The van der Waals surface area contributed by atoms with Crippen LogP contribution in [0.15, 0.2) is 48.5 Å². The summed E-state index contributed by atoms with van der Waals surface area (Å²) >= 11 is 0. The number of aryl methyl sites for hydroxylation is 2. The standard InChI is InChI=1S/C21H27NO3/c1-17-7-11-20(12-8-17)25-16-4-6-21(23)22-15-3-5-18-9-13-19(24-2)14-10-18/h7-14H,3-6,15-16H2,1-2H3,(H,22,23). The van der Waals surface area contributed by atoms with Crippen LogP contribution in [-0.2, 0) is 11.2 Å². The molecule has 0 aromatic heterocycles. The third kappa shape index (κ3) is 7.29. The number of carbonyl (C=O) groups excluding carboxylic acids is 1. The van der Waals surface area contributed by atoms with Crippen LogP contribution < -0.4 is 14.8 Å². The van der Waals surface area contributed by atoms with Gasteiger partial charge in [-0.25, -0.2) is 0 Å². The molecule has 0 bridgehead atoms. The molecule has 0 spiro atoms. The molecule has 25 heavy (non-hydrogen) atoms. The first-order chi connectivity index (χ1) is 12.2. The Hall–Kier alpha value is -2.49. The Bertz CT molecular complexity index is 635. The molecule has 2 aromatic rings. The average Bonchev–Trinajstić information content (AvgIpc) is 2.64. The van der Waals surface area contributed by atoms with Gasteiger partial charge in [0.25, 0.3) is 0 Å². The van der Waals surface area contributed by atoms with Gasteiger partial charge in [0.15, 0.2) is 0 Å². The predicted molar refractivity (Wildman–Crippen MR) is 100 cm³/mol. The summed E-state index contributed by atoms with van der Waals surface area (Å²) in [6, 6.07) is 16.0. The zero-order valence-corrected chi connectivity index (χ0v) is 15.1. The molecule has 0 aliphatic heterocycles. The molecule has 0 unspecified atom stereocenters. The monoisotopic (exact) mass is 341 g/mol. The number of hydrogen-bond acceptors (Lipinski definition) is 3. The van der Waals surface area contributed by atoms with E-state index in [1.54, 1.807) is 7.11 Å². The summed E-state index contributed by atoms with van der Waals surface area (Å²) < 4.78 is 10.8. The number of rotatable bonds is 10. The van der Waals surface area contributed by atoms with E-state index >= 15 is 0 Å². The van der Waals surface area contributed by atoms with Crippen molar-refractivity contribution in [1.82, 2.24) is 5.32 Å². The summed E-state index contributed by atoms with van der Waals surface area (Å²) in [4.78, 5) is 11.8. The van der Waals surface area contributed by atoms with Crippen molar-refractivity contribution in [3.8, 4) is 11.5 Å². The van der Waals surface area contributed by atoms with Crippen LogP contribution in [-0.4, -0.2) is 26.2 Å². The quantitative estimate of drug-likeness (QED) is 0.667. The van der Waals surface area contributed by atoms with Crippen molar-refractivity contribution in [3.63, 3.8) is 0 Å². The van der Waals surface area contributed by atoms with Gasteiger partial charge in [-0.2, -0.15) is 0 Å². The lowest BCUT2D eigenvalue weighted by Crippen LogP contribution is -2.24. The maximum Gasteiger partial charge on any atom is 0.220 e. The largest absolute Gasteiger partial charge is 0.497 e. The van der Waals surface area contributed by atoms with Crippen LogP contribution in [0.1, 0.15) is 30.4 Å². The van der Waals surface area contributed by atoms with Crippen molar-refractivity contribution in [3.05, 3.63) is 59.7 Å². The van der Waals surface area contributed by atoms with Gasteiger partial charge in [0, 0.05) is 13.0 Å². The second-order valence-corrected chi connectivity index (χ2v) is 6.07. The van der Waals surface area contributed by atoms with Gasteiger partial charge in [-0.05, 0) is 56.0 Å². The molecule has 2 aromatic carbocycles. The van der Waals surface area contributed by atoms with Gasteiger partial charge in [-0.15, -0.1) is 0 Å². The molecule has 0 aliphatic carbocycles. The van der Waals surface area contributed by atoms with Gasteiger partial charge in [-0.3, -0.25) is 4.79 Å². The number of benzene rings is 2. The molecule has 0 atom stereocenters. The van der Waals surface area contributed by atoms with Crippen LogP contribution in [0.4, 0.5) is 0 Å². The number of methoxy groups -OCH3 is 1. The summed E-state index contributed by atoms with van der Waals surface area (Å²) in [6.07, 6.45) is 3.09. The summed E-state index contributed by atoms with van der Waals surface area (Å²) in [7, 11) is 1.66. The molecule has 0 radical (unpaired) electrons. The number of nitrogens with one attached hydrogen (secondary N) is 1. The lowest BCUT2D eigenvalue weighted by atomic mass is 10.1. The minimum atomic E-state index is 0.0854. The van der Waals surface area contributed by atoms with Crippen LogP contribution in [0.25, 0.3) is 0 Å². The molecule has 0 saturated carbocycles. The lowest BCUT2D eigenvalue weighted by molar-refractivity contribution is -0.121. The maximum absolute atomic E-state index is 11.8. The van der Waals surface area contributed by atoms with E-state index in [9.17, 15) is 4.79 Å². The van der Waals surface area contributed by atoms with E-state index in [1.165, 1.54) is 11.1 Å². The van der Waals surface area contributed by atoms with E-state index in [1.807, 2.05) is 43.3 Å². The fourth-order valence-electron chi connectivity index (χ4n) is 2.46. The van der Waals surface area contributed by atoms with Crippen molar-refractivity contribution in [2.45, 2.75) is 32.6 Å². The zero-order chi connectivity index (χ0) is 17.9. The molecule has 4 heteroatoms. The van der Waals surface area contributed by atoms with Gasteiger partial charge < -0.3 is 14.8 Å². The van der Waals surface area contributed by atoms with Gasteiger partial charge >= 0.3 is 0 Å². The van der Waals surface area contributed by atoms with E-state index in [2.05, 4.69) is 17.4 Å². The fourth-order valence-corrected chi connectivity index (χ4v) is 2.46. The van der Waals surface area contributed by atoms with Crippen molar-refractivity contribution < 1.29 is 14.3 Å². The second-order valence-electron chi connectivity index (χ2n) is 6.07. The number of carbonyl (C=O) groups is 1. The van der Waals surface area contributed by atoms with Crippen LogP contribution in [0.5, 0.6) is 11.5 Å². The Morgan fingerprint density at radius 3 is 2.32 bits per heavy atom. The highest BCUT2D eigenvalue weighted by atomic mass is 16.5. The van der Waals surface area contributed by atoms with Gasteiger partial charge in [-0.1, -0.05) is 29.8 Å². The van der Waals surface area contributed by atoms with Crippen molar-refractivity contribution in [1.29, 1.82) is 0 Å². The summed E-state index contributed by atoms with van der Waals surface area (Å²) in [5.74, 6) is 1.80. The third-order valence-corrected chi connectivity index (χ3v) is 3.96. The van der Waals surface area contributed by atoms with Crippen LogP contribution in [0, 0.1) is 6.92 Å². The zero-order valence-electron chi connectivity index (χ0n) is 15.1. The highest BCUT2D eigenvalue weighted by Gasteiger charge is 2.02. The van der Waals surface area contributed by atoms with Crippen molar-refractivity contribution in [2.75, 3.05) is 20.3 Å². The summed E-state index contributed by atoms with van der Waals surface area (Å²) in [5, 5.41) is 2.96. The molecule has 1 amide bonds. The smallest absolute Gasteiger partial charge is 0.220 e. The minimum absolute atomic E-state index is 0.0854. The normalized spacial score (nSPS) is 10.3. The fraction of sp³-hybridized carbons (Fsp3) is 0.381. The van der Waals surface area contributed by atoms with Crippen LogP contribution >= 0.6 is 0 Å². The summed E-state index contributed by atoms with van der Waals surface area (Å²) in [6.45, 7) is 3.30. The molecule has 134 valence electrons. The first kappa shape index (κ1) is 18.8. The number of amides is 1. The molecule has 0 saturated heterocycles. The number of hydrogen-bond donors (Lipinski definition) is 1. The molecular weight excluding hydrogens is 314 g/mol. The average molecular weight is 341 g/mol. The Morgan fingerprint density at radius 2 is 1.64 bits per heavy atom. The Morgan fingerprint density at radius 1 is 0.960 bits per heavy atom. The molecule has 1 N–H and O–H groups in total. The Balaban J connectivity index is 1.52. The van der Waals surface area contributed by atoms with E-state index in [0.717, 1.165) is 30.8 Å². The van der Waals surface area contributed by atoms with Gasteiger partial charge in [0.05, 0.1) is 13.7 Å².